The zero-order valence-electron chi connectivity index (χ0n) is 22.7. The Labute approximate surface area is 240 Å². The van der Waals surface area contributed by atoms with Crippen molar-refractivity contribution in [3.05, 3.63) is 119 Å². The predicted octanol–water partition coefficient (Wildman–Crippen LogP) is 7.12. The van der Waals surface area contributed by atoms with Crippen molar-refractivity contribution in [3.8, 4) is 28.6 Å². The maximum atomic E-state index is 13.6. The molecule has 0 amide bonds. The van der Waals surface area contributed by atoms with Gasteiger partial charge in [-0.1, -0.05) is 42.5 Å². The van der Waals surface area contributed by atoms with Crippen LogP contribution in [0.4, 0.5) is 0 Å². The van der Waals surface area contributed by atoms with E-state index in [9.17, 15) is 14.4 Å². The van der Waals surface area contributed by atoms with Crippen molar-refractivity contribution in [1.29, 1.82) is 0 Å². The molecule has 8 heteroatoms. The lowest BCUT2D eigenvalue weighted by Crippen LogP contribution is -2.09. The summed E-state index contributed by atoms with van der Waals surface area (Å²) >= 11 is 0. The molecule has 0 saturated carbocycles. The molecule has 0 bridgehead atoms. The molecule has 0 atom stereocenters. The van der Waals surface area contributed by atoms with Gasteiger partial charge in [0, 0.05) is 17.0 Å². The van der Waals surface area contributed by atoms with E-state index in [1.165, 1.54) is 13.2 Å². The van der Waals surface area contributed by atoms with Crippen LogP contribution in [-0.4, -0.2) is 31.4 Å². The molecule has 0 aliphatic carbocycles. The van der Waals surface area contributed by atoms with E-state index < -0.39 is 11.9 Å². The topological polar surface area (TPSA) is 101 Å². The first-order chi connectivity index (χ1) is 20.4. The second-order valence-electron chi connectivity index (χ2n) is 9.36. The van der Waals surface area contributed by atoms with Crippen molar-refractivity contribution < 1.29 is 37.7 Å². The maximum absolute atomic E-state index is 13.6. The molecular weight excluding hydrogens is 536 g/mol. The van der Waals surface area contributed by atoms with E-state index in [2.05, 4.69) is 0 Å². The summed E-state index contributed by atoms with van der Waals surface area (Å²) in [5, 5.41) is 0.556. The lowest BCUT2D eigenvalue weighted by atomic mass is 10.1. The molecule has 8 nitrogen and oxygen atoms in total. The highest BCUT2D eigenvalue weighted by Crippen LogP contribution is 2.38. The van der Waals surface area contributed by atoms with Crippen LogP contribution in [0.15, 0.2) is 101 Å². The van der Waals surface area contributed by atoms with Gasteiger partial charge in [0.05, 0.1) is 24.8 Å². The monoisotopic (exact) mass is 560 g/mol. The van der Waals surface area contributed by atoms with Gasteiger partial charge in [-0.2, -0.15) is 0 Å². The van der Waals surface area contributed by atoms with Gasteiger partial charge in [-0.15, -0.1) is 0 Å². The number of carbonyl (C=O) groups excluding carboxylic acids is 3. The van der Waals surface area contributed by atoms with Gasteiger partial charge in [0.25, 0.3) is 0 Å². The lowest BCUT2D eigenvalue weighted by Gasteiger charge is -2.07. The Morgan fingerprint density at radius 3 is 2.36 bits per heavy atom. The summed E-state index contributed by atoms with van der Waals surface area (Å²) in [6.45, 7) is 2.35. The number of hydrogen-bond donors (Lipinski definition) is 0. The molecule has 0 unspecified atom stereocenters. The first kappa shape index (κ1) is 26.6. The summed E-state index contributed by atoms with van der Waals surface area (Å²) in [5.74, 6) is 0.151. The highest BCUT2D eigenvalue weighted by atomic mass is 16.5. The molecule has 1 aromatic heterocycles. The van der Waals surface area contributed by atoms with E-state index in [1.807, 2.05) is 37.3 Å². The number of carbonyl (C=O) groups is 3. The zero-order valence-corrected chi connectivity index (χ0v) is 22.7. The zero-order chi connectivity index (χ0) is 29.2. The number of benzene rings is 4. The quantitative estimate of drug-likeness (QED) is 0.118. The van der Waals surface area contributed by atoms with E-state index in [0.717, 1.165) is 5.56 Å². The van der Waals surface area contributed by atoms with Crippen LogP contribution >= 0.6 is 0 Å². The van der Waals surface area contributed by atoms with Gasteiger partial charge in [0.2, 0.25) is 5.78 Å². The summed E-state index contributed by atoms with van der Waals surface area (Å²) in [7, 11) is 1.31. The number of ether oxygens (including phenoxy) is 4. The second-order valence-corrected chi connectivity index (χ2v) is 9.36. The van der Waals surface area contributed by atoms with Crippen molar-refractivity contribution in [2.75, 3.05) is 13.7 Å². The van der Waals surface area contributed by atoms with Crippen molar-refractivity contribution in [2.24, 2.45) is 0 Å². The van der Waals surface area contributed by atoms with Crippen LogP contribution in [-0.2, 0) is 4.74 Å². The first-order valence-corrected chi connectivity index (χ1v) is 13.2. The molecule has 1 aliphatic rings. The number of Topliss-reactive ketones (excluding diaryl/α,β-unsaturated/α-hetero) is 1. The Morgan fingerprint density at radius 1 is 0.857 bits per heavy atom. The minimum atomic E-state index is -0.632. The van der Waals surface area contributed by atoms with E-state index in [4.69, 9.17) is 23.4 Å². The van der Waals surface area contributed by atoms with Crippen LogP contribution in [0.2, 0.25) is 0 Å². The minimum absolute atomic E-state index is 0.106. The van der Waals surface area contributed by atoms with E-state index in [-0.39, 0.29) is 28.6 Å². The fourth-order valence-electron chi connectivity index (χ4n) is 4.70. The Bertz CT molecular complexity index is 1860. The van der Waals surface area contributed by atoms with Crippen molar-refractivity contribution >= 4 is 34.8 Å². The average molecular weight is 561 g/mol. The number of furan rings is 1. The number of allylic oxidation sites excluding steroid dienone is 1. The van der Waals surface area contributed by atoms with Gasteiger partial charge in [-0.3, -0.25) is 4.79 Å². The second kappa shape index (κ2) is 11.1. The molecule has 0 fully saturated rings. The number of esters is 2. The third-order valence-electron chi connectivity index (χ3n) is 6.69. The molecule has 208 valence electrons. The third kappa shape index (κ3) is 5.01. The van der Waals surface area contributed by atoms with E-state index >= 15 is 0 Å². The van der Waals surface area contributed by atoms with Gasteiger partial charge < -0.3 is 23.4 Å². The average Bonchev–Trinajstić information content (AvgIpc) is 3.54. The van der Waals surface area contributed by atoms with Crippen LogP contribution < -0.4 is 14.2 Å². The molecule has 5 aromatic rings. The fraction of sp³-hybridized carbons (Fsp3) is 0.0882. The van der Waals surface area contributed by atoms with Gasteiger partial charge in [0.15, 0.2) is 5.76 Å². The molecular formula is C34H24O8. The first-order valence-electron chi connectivity index (χ1n) is 13.2. The number of fused-ring (bicyclic) bond motifs is 2. The number of methoxy groups -OCH3 is 1. The van der Waals surface area contributed by atoms with Gasteiger partial charge in [-0.25, -0.2) is 9.59 Å². The molecule has 1 aliphatic heterocycles. The third-order valence-corrected chi connectivity index (χ3v) is 6.69. The SMILES string of the molecule is CCOc1ccc2oc(-c3ccccc3)c(C(=O)Oc3ccc4c(c3)OC(=Cc3ccc(C(=O)OC)cc3)C4=O)c2c1. The summed E-state index contributed by atoms with van der Waals surface area (Å²) in [4.78, 5) is 38.3. The summed E-state index contributed by atoms with van der Waals surface area (Å²) in [6, 6.07) is 25.8. The molecule has 4 aromatic carbocycles. The fourth-order valence-corrected chi connectivity index (χ4v) is 4.70. The highest BCUT2D eigenvalue weighted by Gasteiger charge is 2.29. The predicted molar refractivity (Wildman–Crippen MR) is 155 cm³/mol. The van der Waals surface area contributed by atoms with Crippen LogP contribution in [0.5, 0.6) is 17.2 Å². The Morgan fingerprint density at radius 2 is 1.62 bits per heavy atom. The van der Waals surface area contributed by atoms with Crippen molar-refractivity contribution in [1.82, 2.24) is 0 Å². The molecule has 42 heavy (non-hydrogen) atoms. The standard InChI is InChI=1S/C34H24O8/c1-3-39-23-14-16-27-26(18-23)30(32(42-27)21-7-5-4-6-8-21)34(37)40-24-13-15-25-28(19-24)41-29(31(25)35)17-20-9-11-22(12-10-20)33(36)38-2/h4-19H,3H2,1-2H3. The van der Waals surface area contributed by atoms with Crippen LogP contribution in [0, 0.1) is 0 Å². The molecule has 0 spiro atoms. The molecule has 0 radical (unpaired) electrons. The Balaban J connectivity index is 1.29. The number of rotatable bonds is 7. The van der Waals surface area contributed by atoms with E-state index in [1.54, 1.807) is 60.7 Å². The Hall–Kier alpha value is -5.63. The van der Waals surface area contributed by atoms with Crippen molar-refractivity contribution in [3.63, 3.8) is 0 Å². The summed E-state index contributed by atoms with van der Waals surface area (Å²) < 4.78 is 28.1. The smallest absolute Gasteiger partial charge is 0.348 e. The van der Waals surface area contributed by atoms with Crippen molar-refractivity contribution in [2.45, 2.75) is 6.92 Å². The van der Waals surface area contributed by atoms with Gasteiger partial charge in [-0.05, 0) is 61.0 Å². The minimum Gasteiger partial charge on any atom is -0.494 e. The molecule has 0 saturated heterocycles. The maximum Gasteiger partial charge on any atom is 0.348 e. The number of hydrogen-bond acceptors (Lipinski definition) is 8. The highest BCUT2D eigenvalue weighted by molar-refractivity contribution is 6.15. The largest absolute Gasteiger partial charge is 0.494 e. The normalized spacial score (nSPS) is 13.1. The van der Waals surface area contributed by atoms with Crippen LogP contribution in [0.1, 0.15) is 43.6 Å². The van der Waals surface area contributed by atoms with Crippen LogP contribution in [0.3, 0.4) is 0 Å². The molecule has 2 heterocycles. The van der Waals surface area contributed by atoms with Crippen LogP contribution in [0.25, 0.3) is 28.4 Å². The summed E-state index contributed by atoms with van der Waals surface area (Å²) in [6.07, 6.45) is 1.58. The summed E-state index contributed by atoms with van der Waals surface area (Å²) in [5.41, 5.74) is 2.89. The Kier molecular flexibility index (Phi) is 7.02. The van der Waals surface area contributed by atoms with Gasteiger partial charge in [0.1, 0.15) is 34.2 Å². The van der Waals surface area contributed by atoms with E-state index in [0.29, 0.717) is 45.8 Å². The lowest BCUT2D eigenvalue weighted by molar-refractivity contribution is 0.0600. The molecule has 0 N–H and O–H groups in total. The van der Waals surface area contributed by atoms with Gasteiger partial charge >= 0.3 is 11.9 Å². The number of ketones is 1. The molecule has 6 rings (SSSR count).